The van der Waals surface area contributed by atoms with Crippen LogP contribution in [0.15, 0.2) is 30.3 Å². The molecule has 1 aliphatic rings. The van der Waals surface area contributed by atoms with Crippen LogP contribution in [0.2, 0.25) is 0 Å². The molecule has 2 rings (SSSR count). The summed E-state index contributed by atoms with van der Waals surface area (Å²) in [6, 6.07) is 12.8. The first-order valence-corrected chi connectivity index (χ1v) is 7.72. The molecule has 2 heteroatoms. The molecule has 0 amide bonds. The third-order valence-electron chi connectivity index (χ3n) is 4.26. The lowest BCUT2D eigenvalue weighted by Crippen LogP contribution is -2.40. The summed E-state index contributed by atoms with van der Waals surface area (Å²) in [6.45, 7) is 5.67. The van der Waals surface area contributed by atoms with Crippen molar-refractivity contribution in [2.45, 2.75) is 57.7 Å². The molecule has 19 heavy (non-hydrogen) atoms. The molecule has 0 saturated heterocycles. The number of likely N-dealkylation sites (N-methyl/N-ethyl adjacent to an activating group) is 1. The Morgan fingerprint density at radius 2 is 1.95 bits per heavy atom. The van der Waals surface area contributed by atoms with E-state index >= 15 is 0 Å². The molecule has 1 aromatic rings. The largest absolute Gasteiger partial charge is 0.308 e. The third kappa shape index (κ3) is 4.32. The fourth-order valence-electron chi connectivity index (χ4n) is 2.66. The first-order chi connectivity index (χ1) is 9.22. The van der Waals surface area contributed by atoms with Gasteiger partial charge in [-0.15, -0.1) is 0 Å². The monoisotopic (exact) mass is 260 g/mol. The van der Waals surface area contributed by atoms with Gasteiger partial charge in [0.2, 0.25) is 0 Å². The maximum atomic E-state index is 3.76. The standard InChI is InChI=1S/C17H28N2/c1-4-8-17(15-9-6-5-7-10-15)18-13-14(2)19(3)16-11-12-16/h5-7,9-10,14,16-18H,4,8,11-13H2,1-3H3. The summed E-state index contributed by atoms with van der Waals surface area (Å²) in [7, 11) is 2.27. The molecule has 1 saturated carbocycles. The molecular formula is C17H28N2. The number of hydrogen-bond donors (Lipinski definition) is 1. The van der Waals surface area contributed by atoms with Crippen LogP contribution in [0.1, 0.15) is 51.1 Å². The van der Waals surface area contributed by atoms with Crippen molar-refractivity contribution in [2.75, 3.05) is 13.6 Å². The van der Waals surface area contributed by atoms with E-state index < -0.39 is 0 Å². The van der Waals surface area contributed by atoms with Crippen molar-refractivity contribution in [3.05, 3.63) is 35.9 Å². The molecule has 0 aliphatic heterocycles. The summed E-state index contributed by atoms with van der Waals surface area (Å²) in [5, 5.41) is 3.76. The van der Waals surface area contributed by atoms with Gasteiger partial charge in [0.05, 0.1) is 0 Å². The summed E-state index contributed by atoms with van der Waals surface area (Å²) in [4.78, 5) is 2.53. The molecular weight excluding hydrogens is 232 g/mol. The minimum atomic E-state index is 0.501. The Kier molecular flexibility index (Phi) is 5.41. The lowest BCUT2D eigenvalue weighted by Gasteiger charge is -2.27. The van der Waals surface area contributed by atoms with Gasteiger partial charge < -0.3 is 5.32 Å². The molecule has 0 radical (unpaired) electrons. The molecule has 106 valence electrons. The highest BCUT2D eigenvalue weighted by Crippen LogP contribution is 2.27. The van der Waals surface area contributed by atoms with Crippen LogP contribution in [-0.4, -0.2) is 30.6 Å². The van der Waals surface area contributed by atoms with E-state index in [2.05, 4.69) is 61.4 Å². The van der Waals surface area contributed by atoms with Crippen molar-refractivity contribution in [2.24, 2.45) is 0 Å². The van der Waals surface area contributed by atoms with E-state index in [-0.39, 0.29) is 0 Å². The molecule has 2 nitrogen and oxygen atoms in total. The normalized spacial score (nSPS) is 18.5. The van der Waals surface area contributed by atoms with Gasteiger partial charge in [-0.25, -0.2) is 0 Å². The first kappa shape index (κ1) is 14.5. The molecule has 1 aliphatic carbocycles. The Labute approximate surface area is 118 Å². The molecule has 0 heterocycles. The lowest BCUT2D eigenvalue weighted by molar-refractivity contribution is 0.234. The predicted octanol–water partition coefficient (Wildman–Crippen LogP) is 3.60. The van der Waals surface area contributed by atoms with Crippen molar-refractivity contribution in [1.82, 2.24) is 10.2 Å². The second kappa shape index (κ2) is 7.06. The Morgan fingerprint density at radius 3 is 2.53 bits per heavy atom. The Morgan fingerprint density at radius 1 is 1.26 bits per heavy atom. The molecule has 1 fully saturated rings. The van der Waals surface area contributed by atoms with Gasteiger partial charge in [-0.2, -0.15) is 0 Å². The zero-order valence-corrected chi connectivity index (χ0v) is 12.6. The van der Waals surface area contributed by atoms with E-state index in [0.717, 1.165) is 12.6 Å². The fourth-order valence-corrected chi connectivity index (χ4v) is 2.66. The van der Waals surface area contributed by atoms with Gasteiger partial charge in [0.1, 0.15) is 0 Å². The Hall–Kier alpha value is -0.860. The van der Waals surface area contributed by atoms with E-state index in [1.807, 2.05) is 0 Å². The highest BCUT2D eigenvalue weighted by Gasteiger charge is 2.29. The highest BCUT2D eigenvalue weighted by atomic mass is 15.2. The topological polar surface area (TPSA) is 15.3 Å². The third-order valence-corrected chi connectivity index (χ3v) is 4.26. The number of hydrogen-bond acceptors (Lipinski definition) is 2. The molecule has 1 aromatic carbocycles. The van der Waals surface area contributed by atoms with Crippen LogP contribution in [0, 0.1) is 0 Å². The highest BCUT2D eigenvalue weighted by molar-refractivity contribution is 5.18. The van der Waals surface area contributed by atoms with Gasteiger partial charge in [-0.3, -0.25) is 4.90 Å². The zero-order chi connectivity index (χ0) is 13.7. The van der Waals surface area contributed by atoms with Crippen LogP contribution in [-0.2, 0) is 0 Å². The average Bonchev–Trinajstić information content (AvgIpc) is 3.27. The van der Waals surface area contributed by atoms with Gasteiger partial charge in [0, 0.05) is 24.7 Å². The van der Waals surface area contributed by atoms with Crippen molar-refractivity contribution >= 4 is 0 Å². The van der Waals surface area contributed by atoms with E-state index in [4.69, 9.17) is 0 Å². The SMILES string of the molecule is CCCC(NCC(C)N(C)C1CC1)c1ccccc1. The predicted molar refractivity (Wildman–Crippen MR) is 82.3 cm³/mol. The first-order valence-electron chi connectivity index (χ1n) is 7.72. The summed E-state index contributed by atoms with van der Waals surface area (Å²) >= 11 is 0. The summed E-state index contributed by atoms with van der Waals surface area (Å²) in [5.74, 6) is 0. The molecule has 2 atom stereocenters. The van der Waals surface area contributed by atoms with E-state index in [0.29, 0.717) is 12.1 Å². The second-order valence-electron chi connectivity index (χ2n) is 5.91. The maximum absolute atomic E-state index is 3.76. The van der Waals surface area contributed by atoms with Crippen molar-refractivity contribution in [1.29, 1.82) is 0 Å². The van der Waals surface area contributed by atoms with Crippen LogP contribution in [0.5, 0.6) is 0 Å². The van der Waals surface area contributed by atoms with Crippen molar-refractivity contribution in [3.8, 4) is 0 Å². The zero-order valence-electron chi connectivity index (χ0n) is 12.6. The van der Waals surface area contributed by atoms with Gasteiger partial charge in [-0.05, 0) is 38.8 Å². The number of nitrogens with one attached hydrogen (secondary N) is 1. The minimum absolute atomic E-state index is 0.501. The Balaban J connectivity index is 1.86. The van der Waals surface area contributed by atoms with Gasteiger partial charge in [0.15, 0.2) is 0 Å². The molecule has 0 aromatic heterocycles. The van der Waals surface area contributed by atoms with Crippen molar-refractivity contribution in [3.63, 3.8) is 0 Å². The maximum Gasteiger partial charge on any atom is 0.0320 e. The summed E-state index contributed by atoms with van der Waals surface area (Å²) in [6.07, 6.45) is 5.21. The fraction of sp³-hybridized carbons (Fsp3) is 0.647. The smallest absolute Gasteiger partial charge is 0.0320 e. The molecule has 2 unspecified atom stereocenters. The van der Waals surface area contributed by atoms with Crippen LogP contribution in [0.25, 0.3) is 0 Å². The van der Waals surface area contributed by atoms with E-state index in [1.165, 1.54) is 31.2 Å². The Bertz CT molecular complexity index is 359. The lowest BCUT2D eigenvalue weighted by atomic mass is 10.0. The van der Waals surface area contributed by atoms with Crippen LogP contribution < -0.4 is 5.32 Å². The minimum Gasteiger partial charge on any atom is -0.308 e. The van der Waals surface area contributed by atoms with Gasteiger partial charge in [0.25, 0.3) is 0 Å². The quantitative estimate of drug-likeness (QED) is 0.768. The molecule has 0 bridgehead atoms. The molecule has 0 spiro atoms. The summed E-state index contributed by atoms with van der Waals surface area (Å²) < 4.78 is 0. The van der Waals surface area contributed by atoms with E-state index in [9.17, 15) is 0 Å². The van der Waals surface area contributed by atoms with Gasteiger partial charge >= 0.3 is 0 Å². The van der Waals surface area contributed by atoms with Crippen LogP contribution >= 0.6 is 0 Å². The summed E-state index contributed by atoms with van der Waals surface area (Å²) in [5.41, 5.74) is 1.42. The van der Waals surface area contributed by atoms with Gasteiger partial charge in [-0.1, -0.05) is 43.7 Å². The second-order valence-corrected chi connectivity index (χ2v) is 5.91. The van der Waals surface area contributed by atoms with Crippen LogP contribution in [0.3, 0.4) is 0 Å². The average molecular weight is 260 g/mol. The number of nitrogens with zero attached hydrogens (tertiary/aromatic N) is 1. The van der Waals surface area contributed by atoms with Crippen LogP contribution in [0.4, 0.5) is 0 Å². The molecule has 1 N–H and O–H groups in total. The van der Waals surface area contributed by atoms with Crippen molar-refractivity contribution < 1.29 is 0 Å². The number of benzene rings is 1. The number of rotatable bonds is 8. The van der Waals surface area contributed by atoms with E-state index in [1.54, 1.807) is 0 Å².